The van der Waals surface area contributed by atoms with Crippen LogP contribution in [0.5, 0.6) is 0 Å². The highest BCUT2D eigenvalue weighted by Crippen LogP contribution is 2.18. The van der Waals surface area contributed by atoms with E-state index in [2.05, 4.69) is 10.3 Å². The first kappa shape index (κ1) is 14.2. The number of hydrogen-bond donors (Lipinski definition) is 2. The van der Waals surface area contributed by atoms with Crippen LogP contribution in [0.4, 0.5) is 10.2 Å². The zero-order chi connectivity index (χ0) is 14.7. The monoisotopic (exact) mass is 276 g/mol. The molecule has 0 fully saturated rings. The largest absolute Gasteiger partial charge is 0.480 e. The molecule has 0 saturated carbocycles. The summed E-state index contributed by atoms with van der Waals surface area (Å²) in [5.74, 6) is -0.586. The lowest BCUT2D eigenvalue weighted by Crippen LogP contribution is -2.31. The van der Waals surface area contributed by atoms with Gasteiger partial charge in [-0.25, -0.2) is 14.2 Å². The number of anilines is 1. The molecule has 106 valence electrons. The summed E-state index contributed by atoms with van der Waals surface area (Å²) in [6.07, 6.45) is 0.498. The lowest BCUT2D eigenvalue weighted by atomic mass is 10.0. The minimum absolute atomic E-state index is 0.251. The Morgan fingerprint density at radius 1 is 1.35 bits per heavy atom. The summed E-state index contributed by atoms with van der Waals surface area (Å²) in [5.41, 5.74) is 0.503. The summed E-state index contributed by atoms with van der Waals surface area (Å²) in [6.45, 7) is 3.92. The van der Waals surface area contributed by atoms with Crippen molar-refractivity contribution >= 4 is 22.7 Å². The third-order valence-corrected chi connectivity index (χ3v) is 2.98. The standard InChI is InChI=1S/C15H17FN2O2/c1-9(2)7-13(15(19)20)18-14-6-4-10-3-5-11(16)8-12(10)17-14/h3-6,8-9,13H,7H2,1-2H3,(H,17,18)(H,19,20). The van der Waals surface area contributed by atoms with E-state index in [-0.39, 0.29) is 11.7 Å². The van der Waals surface area contributed by atoms with E-state index in [0.717, 1.165) is 5.39 Å². The Morgan fingerprint density at radius 2 is 2.05 bits per heavy atom. The molecular weight excluding hydrogens is 259 g/mol. The Kier molecular flexibility index (Phi) is 4.17. The third kappa shape index (κ3) is 3.44. The number of aromatic nitrogens is 1. The second kappa shape index (κ2) is 5.86. The van der Waals surface area contributed by atoms with Crippen LogP contribution in [0, 0.1) is 11.7 Å². The molecule has 0 bridgehead atoms. The number of carbonyl (C=O) groups is 1. The second-order valence-electron chi connectivity index (χ2n) is 5.20. The Hall–Kier alpha value is -2.17. The molecule has 1 heterocycles. The number of halogens is 1. The first-order valence-electron chi connectivity index (χ1n) is 6.51. The van der Waals surface area contributed by atoms with Crippen LogP contribution in [-0.4, -0.2) is 22.1 Å². The number of pyridine rings is 1. The molecule has 1 aromatic heterocycles. The van der Waals surface area contributed by atoms with E-state index in [0.29, 0.717) is 17.8 Å². The van der Waals surface area contributed by atoms with Crippen molar-refractivity contribution in [3.8, 4) is 0 Å². The van der Waals surface area contributed by atoms with Gasteiger partial charge in [-0.05, 0) is 36.6 Å². The summed E-state index contributed by atoms with van der Waals surface area (Å²) in [5, 5.41) is 12.9. The van der Waals surface area contributed by atoms with Crippen molar-refractivity contribution in [2.75, 3.05) is 5.32 Å². The van der Waals surface area contributed by atoms with Gasteiger partial charge in [-0.2, -0.15) is 0 Å². The molecule has 5 heteroatoms. The Bertz CT molecular complexity index is 628. The highest BCUT2D eigenvalue weighted by Gasteiger charge is 2.19. The van der Waals surface area contributed by atoms with Gasteiger partial charge in [0.05, 0.1) is 5.52 Å². The highest BCUT2D eigenvalue weighted by molar-refractivity contribution is 5.81. The van der Waals surface area contributed by atoms with Crippen molar-refractivity contribution in [2.24, 2.45) is 5.92 Å². The lowest BCUT2D eigenvalue weighted by Gasteiger charge is -2.17. The smallest absolute Gasteiger partial charge is 0.326 e. The molecule has 20 heavy (non-hydrogen) atoms. The van der Waals surface area contributed by atoms with Crippen LogP contribution in [0.25, 0.3) is 10.9 Å². The van der Waals surface area contributed by atoms with Gasteiger partial charge < -0.3 is 10.4 Å². The molecule has 1 unspecified atom stereocenters. The highest BCUT2D eigenvalue weighted by atomic mass is 19.1. The molecule has 1 aromatic carbocycles. The molecule has 0 amide bonds. The summed E-state index contributed by atoms with van der Waals surface area (Å²) in [6, 6.07) is 7.14. The minimum Gasteiger partial charge on any atom is -0.480 e. The number of fused-ring (bicyclic) bond motifs is 1. The molecule has 1 atom stereocenters. The Morgan fingerprint density at radius 3 is 2.70 bits per heavy atom. The molecule has 0 aliphatic heterocycles. The minimum atomic E-state index is -0.917. The van der Waals surface area contributed by atoms with Crippen LogP contribution < -0.4 is 5.32 Å². The fourth-order valence-corrected chi connectivity index (χ4v) is 2.04. The third-order valence-electron chi connectivity index (χ3n) is 2.98. The fourth-order valence-electron chi connectivity index (χ4n) is 2.04. The van der Waals surface area contributed by atoms with Crippen LogP contribution in [0.2, 0.25) is 0 Å². The zero-order valence-corrected chi connectivity index (χ0v) is 11.4. The van der Waals surface area contributed by atoms with Gasteiger partial charge >= 0.3 is 5.97 Å². The molecule has 0 saturated heterocycles. The molecule has 0 aliphatic carbocycles. The molecule has 2 rings (SSSR count). The van der Waals surface area contributed by atoms with Gasteiger partial charge in [0.1, 0.15) is 17.7 Å². The van der Waals surface area contributed by atoms with Crippen LogP contribution in [-0.2, 0) is 4.79 Å². The SMILES string of the molecule is CC(C)CC(Nc1ccc2ccc(F)cc2n1)C(=O)O. The Balaban J connectivity index is 2.25. The van der Waals surface area contributed by atoms with Crippen molar-refractivity contribution in [3.63, 3.8) is 0 Å². The number of rotatable bonds is 5. The van der Waals surface area contributed by atoms with Gasteiger partial charge in [-0.1, -0.05) is 13.8 Å². The molecule has 0 aliphatic rings. The zero-order valence-electron chi connectivity index (χ0n) is 11.4. The van der Waals surface area contributed by atoms with Crippen molar-refractivity contribution in [1.82, 2.24) is 4.98 Å². The Labute approximate surface area is 116 Å². The first-order valence-corrected chi connectivity index (χ1v) is 6.51. The predicted molar refractivity (Wildman–Crippen MR) is 76.2 cm³/mol. The van der Waals surface area contributed by atoms with Gasteiger partial charge in [-0.3, -0.25) is 0 Å². The van der Waals surface area contributed by atoms with E-state index < -0.39 is 12.0 Å². The number of nitrogens with one attached hydrogen (secondary N) is 1. The average molecular weight is 276 g/mol. The number of nitrogens with zero attached hydrogens (tertiary/aromatic N) is 1. The summed E-state index contributed by atoms with van der Waals surface area (Å²) >= 11 is 0. The van der Waals surface area contributed by atoms with E-state index in [9.17, 15) is 14.3 Å². The molecule has 4 nitrogen and oxygen atoms in total. The van der Waals surface area contributed by atoms with Crippen molar-refractivity contribution in [2.45, 2.75) is 26.3 Å². The number of aliphatic carboxylic acids is 1. The van der Waals surface area contributed by atoms with Crippen LogP contribution in [0.1, 0.15) is 20.3 Å². The van der Waals surface area contributed by atoms with Gasteiger partial charge in [0.2, 0.25) is 0 Å². The quantitative estimate of drug-likeness (QED) is 0.879. The van der Waals surface area contributed by atoms with Crippen LogP contribution in [0.15, 0.2) is 30.3 Å². The lowest BCUT2D eigenvalue weighted by molar-refractivity contribution is -0.138. The van der Waals surface area contributed by atoms with Crippen molar-refractivity contribution < 1.29 is 14.3 Å². The van der Waals surface area contributed by atoms with E-state index >= 15 is 0 Å². The number of benzene rings is 1. The van der Waals surface area contributed by atoms with Gasteiger partial charge in [-0.15, -0.1) is 0 Å². The van der Waals surface area contributed by atoms with Gasteiger partial charge in [0, 0.05) is 11.5 Å². The molecule has 0 radical (unpaired) electrons. The number of carboxylic acid groups (broad SMARTS) is 1. The maximum absolute atomic E-state index is 13.2. The predicted octanol–water partition coefficient (Wildman–Crippen LogP) is 3.29. The van der Waals surface area contributed by atoms with Gasteiger partial charge in [0.15, 0.2) is 0 Å². The topological polar surface area (TPSA) is 62.2 Å². The second-order valence-corrected chi connectivity index (χ2v) is 5.20. The van der Waals surface area contributed by atoms with Crippen LogP contribution in [0.3, 0.4) is 0 Å². The average Bonchev–Trinajstić information content (AvgIpc) is 2.36. The summed E-state index contributed by atoms with van der Waals surface area (Å²) < 4.78 is 13.2. The van der Waals surface area contributed by atoms with Gasteiger partial charge in [0.25, 0.3) is 0 Å². The van der Waals surface area contributed by atoms with E-state index in [1.165, 1.54) is 12.1 Å². The number of hydrogen-bond acceptors (Lipinski definition) is 3. The normalized spacial score (nSPS) is 12.6. The molecule has 0 spiro atoms. The van der Waals surface area contributed by atoms with E-state index in [1.54, 1.807) is 18.2 Å². The molecular formula is C15H17FN2O2. The summed E-state index contributed by atoms with van der Waals surface area (Å²) in [4.78, 5) is 15.5. The number of carboxylic acids is 1. The maximum Gasteiger partial charge on any atom is 0.326 e. The summed E-state index contributed by atoms with van der Waals surface area (Å²) in [7, 11) is 0. The van der Waals surface area contributed by atoms with Crippen molar-refractivity contribution in [3.05, 3.63) is 36.1 Å². The fraction of sp³-hybridized carbons (Fsp3) is 0.333. The van der Waals surface area contributed by atoms with E-state index in [1.807, 2.05) is 13.8 Å². The van der Waals surface area contributed by atoms with E-state index in [4.69, 9.17) is 0 Å². The first-order chi connectivity index (χ1) is 9.45. The van der Waals surface area contributed by atoms with Crippen molar-refractivity contribution in [1.29, 1.82) is 0 Å². The maximum atomic E-state index is 13.2. The molecule has 2 aromatic rings. The van der Waals surface area contributed by atoms with Crippen LogP contribution >= 0.6 is 0 Å². The molecule has 2 N–H and O–H groups in total.